The van der Waals surface area contributed by atoms with E-state index in [0.717, 1.165) is 5.82 Å². The maximum atomic E-state index is 5.92. The van der Waals surface area contributed by atoms with E-state index in [-0.39, 0.29) is 5.38 Å². The number of hydrogen-bond acceptors (Lipinski definition) is 4. The van der Waals surface area contributed by atoms with Gasteiger partial charge in [-0.3, -0.25) is 0 Å². The number of ether oxygens (including phenoxy) is 1. The maximum absolute atomic E-state index is 5.92. The molecule has 78 valence electrons. The molecular formula is C9H14ClN3O. The number of halogens is 1. The molecule has 0 aliphatic rings. The lowest BCUT2D eigenvalue weighted by molar-refractivity contribution is 0.196. The van der Waals surface area contributed by atoms with Crippen LogP contribution in [-0.4, -0.2) is 35.6 Å². The standard InChI is InChI=1S/C9H14ClN3O/c1-14-7-8(10)5-11-6-9-12-3-2-4-13-9/h2-4,8,11H,5-7H2,1H3. The van der Waals surface area contributed by atoms with Crippen molar-refractivity contribution in [2.45, 2.75) is 11.9 Å². The summed E-state index contributed by atoms with van der Waals surface area (Å²) in [6.45, 7) is 1.87. The van der Waals surface area contributed by atoms with Crippen LogP contribution in [0.25, 0.3) is 0 Å². The molecule has 0 aromatic carbocycles. The molecule has 0 saturated heterocycles. The van der Waals surface area contributed by atoms with Crippen molar-refractivity contribution in [2.75, 3.05) is 20.3 Å². The third-order valence-corrected chi connectivity index (χ3v) is 1.90. The van der Waals surface area contributed by atoms with Gasteiger partial charge in [0.2, 0.25) is 0 Å². The van der Waals surface area contributed by atoms with Crippen LogP contribution in [0.1, 0.15) is 5.82 Å². The van der Waals surface area contributed by atoms with Crippen LogP contribution in [0.4, 0.5) is 0 Å². The van der Waals surface area contributed by atoms with Crippen LogP contribution < -0.4 is 5.32 Å². The number of rotatable bonds is 6. The monoisotopic (exact) mass is 215 g/mol. The Bertz CT molecular complexity index is 245. The van der Waals surface area contributed by atoms with Gasteiger partial charge in [-0.15, -0.1) is 11.6 Å². The molecular weight excluding hydrogens is 202 g/mol. The lowest BCUT2D eigenvalue weighted by atomic mass is 10.4. The fourth-order valence-electron chi connectivity index (χ4n) is 1.00. The van der Waals surface area contributed by atoms with Crippen LogP contribution in [0.2, 0.25) is 0 Å². The lowest BCUT2D eigenvalue weighted by Gasteiger charge is -2.08. The first kappa shape index (κ1) is 11.4. The van der Waals surface area contributed by atoms with E-state index in [1.54, 1.807) is 25.6 Å². The highest BCUT2D eigenvalue weighted by atomic mass is 35.5. The van der Waals surface area contributed by atoms with Crippen molar-refractivity contribution in [3.05, 3.63) is 24.3 Å². The van der Waals surface area contributed by atoms with Gasteiger partial charge >= 0.3 is 0 Å². The Morgan fingerprint density at radius 3 is 2.86 bits per heavy atom. The molecule has 1 heterocycles. The van der Waals surface area contributed by atoms with Crippen molar-refractivity contribution >= 4 is 11.6 Å². The van der Waals surface area contributed by atoms with E-state index in [2.05, 4.69) is 15.3 Å². The smallest absolute Gasteiger partial charge is 0.141 e. The van der Waals surface area contributed by atoms with Gasteiger partial charge in [0.1, 0.15) is 5.82 Å². The van der Waals surface area contributed by atoms with Gasteiger partial charge in [0, 0.05) is 26.0 Å². The van der Waals surface area contributed by atoms with Crippen LogP contribution in [0.5, 0.6) is 0 Å². The van der Waals surface area contributed by atoms with Gasteiger partial charge in [0.05, 0.1) is 18.5 Å². The molecule has 0 spiro atoms. The summed E-state index contributed by atoms with van der Waals surface area (Å²) in [7, 11) is 1.63. The molecule has 1 N–H and O–H groups in total. The normalized spacial score (nSPS) is 12.7. The highest BCUT2D eigenvalue weighted by Gasteiger charge is 2.02. The van der Waals surface area contributed by atoms with Crippen molar-refractivity contribution in [3.63, 3.8) is 0 Å². The third-order valence-electron chi connectivity index (χ3n) is 1.62. The quantitative estimate of drug-likeness (QED) is 0.714. The van der Waals surface area contributed by atoms with Crippen LogP contribution in [0.3, 0.4) is 0 Å². The number of hydrogen-bond donors (Lipinski definition) is 1. The Kier molecular flexibility index (Phi) is 5.44. The second-order valence-electron chi connectivity index (χ2n) is 2.85. The van der Waals surface area contributed by atoms with Crippen LogP contribution in [0, 0.1) is 0 Å². The van der Waals surface area contributed by atoms with Gasteiger partial charge in [-0.05, 0) is 6.07 Å². The van der Waals surface area contributed by atoms with Crippen LogP contribution in [-0.2, 0) is 11.3 Å². The number of methoxy groups -OCH3 is 1. The highest BCUT2D eigenvalue weighted by Crippen LogP contribution is 1.94. The zero-order valence-electron chi connectivity index (χ0n) is 8.11. The first-order valence-corrected chi connectivity index (χ1v) is 4.86. The minimum atomic E-state index is -0.0105. The topological polar surface area (TPSA) is 47.0 Å². The molecule has 0 radical (unpaired) electrons. The Hall–Kier alpha value is -0.710. The van der Waals surface area contributed by atoms with E-state index in [9.17, 15) is 0 Å². The second-order valence-corrected chi connectivity index (χ2v) is 3.47. The molecule has 0 aliphatic heterocycles. The minimum absolute atomic E-state index is 0.0105. The van der Waals surface area contributed by atoms with Crippen LogP contribution in [0.15, 0.2) is 18.5 Å². The van der Waals surface area contributed by atoms with Crippen molar-refractivity contribution in [2.24, 2.45) is 0 Å². The van der Waals surface area contributed by atoms with Crippen molar-refractivity contribution < 1.29 is 4.74 Å². The molecule has 0 aliphatic carbocycles. The summed E-state index contributed by atoms with van der Waals surface area (Å²) in [6.07, 6.45) is 3.44. The molecule has 1 aromatic rings. The third kappa shape index (κ3) is 4.50. The fourth-order valence-corrected chi connectivity index (χ4v) is 1.24. The summed E-state index contributed by atoms with van der Waals surface area (Å²) in [5, 5.41) is 3.14. The summed E-state index contributed by atoms with van der Waals surface area (Å²) in [5.41, 5.74) is 0. The molecule has 1 aromatic heterocycles. The fraction of sp³-hybridized carbons (Fsp3) is 0.556. The summed E-state index contributed by atoms with van der Waals surface area (Å²) < 4.78 is 4.90. The molecule has 5 heteroatoms. The first-order chi connectivity index (χ1) is 6.83. The van der Waals surface area contributed by atoms with E-state index in [1.807, 2.05) is 0 Å². The number of aromatic nitrogens is 2. The Balaban J connectivity index is 2.16. The molecule has 0 amide bonds. The molecule has 14 heavy (non-hydrogen) atoms. The minimum Gasteiger partial charge on any atom is -0.383 e. The van der Waals surface area contributed by atoms with Gasteiger partial charge in [0.25, 0.3) is 0 Å². The summed E-state index contributed by atoms with van der Waals surface area (Å²) in [6, 6.07) is 1.79. The highest BCUT2D eigenvalue weighted by molar-refractivity contribution is 6.20. The van der Waals surface area contributed by atoms with E-state index in [4.69, 9.17) is 16.3 Å². The summed E-state index contributed by atoms with van der Waals surface area (Å²) in [4.78, 5) is 8.15. The molecule has 1 atom stereocenters. The van der Waals surface area contributed by atoms with Crippen molar-refractivity contribution in [3.8, 4) is 0 Å². The average molecular weight is 216 g/mol. The van der Waals surface area contributed by atoms with E-state index in [0.29, 0.717) is 19.7 Å². The van der Waals surface area contributed by atoms with Gasteiger partial charge in [-0.25, -0.2) is 9.97 Å². The van der Waals surface area contributed by atoms with Crippen molar-refractivity contribution in [1.82, 2.24) is 15.3 Å². The van der Waals surface area contributed by atoms with E-state index in [1.165, 1.54) is 0 Å². The van der Waals surface area contributed by atoms with Gasteiger partial charge in [-0.2, -0.15) is 0 Å². The molecule has 1 unspecified atom stereocenters. The summed E-state index contributed by atoms with van der Waals surface area (Å²) in [5.74, 6) is 0.772. The van der Waals surface area contributed by atoms with Crippen LogP contribution >= 0.6 is 11.6 Å². The summed E-state index contributed by atoms with van der Waals surface area (Å²) >= 11 is 5.92. The van der Waals surface area contributed by atoms with Crippen molar-refractivity contribution in [1.29, 1.82) is 0 Å². The predicted molar refractivity (Wildman–Crippen MR) is 55.3 cm³/mol. The number of alkyl halides is 1. The zero-order valence-corrected chi connectivity index (χ0v) is 8.87. The largest absolute Gasteiger partial charge is 0.383 e. The molecule has 0 bridgehead atoms. The Morgan fingerprint density at radius 2 is 2.21 bits per heavy atom. The molecule has 4 nitrogen and oxygen atoms in total. The Morgan fingerprint density at radius 1 is 1.50 bits per heavy atom. The maximum Gasteiger partial charge on any atom is 0.141 e. The Labute approximate surface area is 88.7 Å². The lowest BCUT2D eigenvalue weighted by Crippen LogP contribution is -2.26. The molecule has 0 saturated carbocycles. The second kappa shape index (κ2) is 6.70. The number of nitrogens with zero attached hydrogens (tertiary/aromatic N) is 2. The molecule has 0 fully saturated rings. The van der Waals surface area contributed by atoms with E-state index >= 15 is 0 Å². The van der Waals surface area contributed by atoms with E-state index < -0.39 is 0 Å². The SMILES string of the molecule is COCC(Cl)CNCc1ncccn1. The van der Waals surface area contributed by atoms with Gasteiger partial charge in [0.15, 0.2) is 0 Å². The predicted octanol–water partition coefficient (Wildman–Crippen LogP) is 0.820. The average Bonchev–Trinajstić information content (AvgIpc) is 2.20. The number of nitrogens with one attached hydrogen (secondary N) is 1. The first-order valence-electron chi connectivity index (χ1n) is 4.42. The van der Waals surface area contributed by atoms with Gasteiger partial charge in [-0.1, -0.05) is 0 Å². The van der Waals surface area contributed by atoms with Gasteiger partial charge < -0.3 is 10.1 Å². The molecule has 1 rings (SSSR count). The zero-order chi connectivity index (χ0) is 10.2.